The van der Waals surface area contributed by atoms with E-state index in [-0.39, 0.29) is 23.9 Å². The molecule has 0 aliphatic rings. The first-order valence-corrected chi connectivity index (χ1v) is 10.8. The molecule has 0 spiro atoms. The SMILES string of the molecule is O=C(N/N=C\c1cc(Cl)c(OCc2ccc(F)cc2)c(Br)c1)c1cc2cc([N+](=O)[O-])ccc2o1. The Bertz CT molecular complexity index is 1400. The molecule has 34 heavy (non-hydrogen) atoms. The van der Waals surface area contributed by atoms with Gasteiger partial charge in [0, 0.05) is 17.5 Å². The number of benzene rings is 3. The lowest BCUT2D eigenvalue weighted by molar-refractivity contribution is -0.384. The number of ether oxygens (including phenoxy) is 1. The number of nitrogens with zero attached hydrogens (tertiary/aromatic N) is 2. The first-order chi connectivity index (χ1) is 16.3. The lowest BCUT2D eigenvalue weighted by Crippen LogP contribution is -2.16. The topological polar surface area (TPSA) is 107 Å². The number of non-ortho nitro benzene ring substituents is 1. The standard InChI is InChI=1S/C23H14BrClFN3O5/c24-18-7-14(8-19(25)22(18)33-12-13-1-3-16(26)4-2-13)11-27-28-23(30)21-10-15-9-17(29(31)32)5-6-20(15)34-21/h1-11H,12H2,(H,28,30)/b27-11-. The number of hydrazone groups is 1. The molecule has 0 saturated carbocycles. The van der Waals surface area contributed by atoms with Crippen molar-refractivity contribution in [1.82, 2.24) is 5.43 Å². The van der Waals surface area contributed by atoms with Crippen LogP contribution in [0.4, 0.5) is 10.1 Å². The monoisotopic (exact) mass is 545 g/mol. The lowest BCUT2D eigenvalue weighted by atomic mass is 10.2. The van der Waals surface area contributed by atoms with Crippen LogP contribution in [-0.4, -0.2) is 17.0 Å². The van der Waals surface area contributed by atoms with Gasteiger partial charge in [0.15, 0.2) is 11.5 Å². The highest BCUT2D eigenvalue weighted by Gasteiger charge is 2.15. The molecule has 0 radical (unpaired) electrons. The Kier molecular flexibility index (Phi) is 6.90. The molecule has 172 valence electrons. The van der Waals surface area contributed by atoms with Crippen molar-refractivity contribution >= 4 is 56.3 Å². The number of carbonyl (C=O) groups is 1. The molecule has 1 heterocycles. The zero-order valence-corrected chi connectivity index (χ0v) is 19.5. The van der Waals surface area contributed by atoms with Crippen molar-refractivity contribution in [3.63, 3.8) is 0 Å². The first kappa shape index (κ1) is 23.4. The number of rotatable bonds is 7. The number of fused-ring (bicyclic) bond motifs is 1. The average Bonchev–Trinajstić information content (AvgIpc) is 3.23. The normalized spacial score (nSPS) is 11.1. The minimum atomic E-state index is -0.625. The third kappa shape index (κ3) is 5.41. The molecule has 4 aromatic rings. The molecule has 0 unspecified atom stereocenters. The average molecular weight is 547 g/mol. The summed E-state index contributed by atoms with van der Waals surface area (Å²) in [5, 5.41) is 15.5. The Morgan fingerprint density at radius 1 is 1.21 bits per heavy atom. The van der Waals surface area contributed by atoms with Gasteiger partial charge in [-0.3, -0.25) is 14.9 Å². The lowest BCUT2D eigenvalue weighted by Gasteiger charge is -2.11. The first-order valence-electron chi connectivity index (χ1n) is 9.68. The predicted octanol–water partition coefficient (Wildman–Crippen LogP) is 6.24. The molecular formula is C23H14BrClFN3O5. The van der Waals surface area contributed by atoms with Gasteiger partial charge < -0.3 is 9.15 Å². The molecule has 0 saturated heterocycles. The molecule has 1 N–H and O–H groups in total. The van der Waals surface area contributed by atoms with Gasteiger partial charge in [0.1, 0.15) is 18.0 Å². The maximum absolute atomic E-state index is 13.0. The van der Waals surface area contributed by atoms with Crippen LogP contribution < -0.4 is 10.2 Å². The van der Waals surface area contributed by atoms with Gasteiger partial charge in [0.05, 0.1) is 20.6 Å². The molecule has 0 aliphatic carbocycles. The van der Waals surface area contributed by atoms with E-state index in [0.717, 1.165) is 5.56 Å². The fourth-order valence-corrected chi connectivity index (χ4v) is 3.99. The molecule has 0 atom stereocenters. The maximum Gasteiger partial charge on any atom is 0.307 e. The van der Waals surface area contributed by atoms with Crippen LogP contribution in [0.3, 0.4) is 0 Å². The zero-order chi connectivity index (χ0) is 24.2. The van der Waals surface area contributed by atoms with Crippen molar-refractivity contribution in [2.24, 2.45) is 5.10 Å². The van der Waals surface area contributed by atoms with Crippen LogP contribution in [0.15, 0.2) is 74.7 Å². The second kappa shape index (κ2) is 10.0. The second-order valence-corrected chi connectivity index (χ2v) is 8.28. The van der Waals surface area contributed by atoms with Gasteiger partial charge >= 0.3 is 5.91 Å². The van der Waals surface area contributed by atoms with Crippen molar-refractivity contribution < 1.29 is 23.3 Å². The number of nitrogens with one attached hydrogen (secondary N) is 1. The van der Waals surface area contributed by atoms with Crippen LogP contribution >= 0.6 is 27.5 Å². The number of furan rings is 1. The molecule has 0 aliphatic heterocycles. The zero-order valence-electron chi connectivity index (χ0n) is 17.1. The van der Waals surface area contributed by atoms with Crippen LogP contribution in [0.2, 0.25) is 5.02 Å². The van der Waals surface area contributed by atoms with Crippen molar-refractivity contribution in [3.8, 4) is 5.75 Å². The van der Waals surface area contributed by atoms with Gasteiger partial charge in [-0.25, -0.2) is 9.82 Å². The van der Waals surface area contributed by atoms with E-state index in [9.17, 15) is 19.3 Å². The summed E-state index contributed by atoms with van der Waals surface area (Å²) in [5.41, 5.74) is 3.92. The number of hydrogen-bond donors (Lipinski definition) is 1. The summed E-state index contributed by atoms with van der Waals surface area (Å²) in [6.07, 6.45) is 1.38. The largest absolute Gasteiger partial charge is 0.486 e. The van der Waals surface area contributed by atoms with Crippen LogP contribution in [0, 0.1) is 15.9 Å². The van der Waals surface area contributed by atoms with Crippen LogP contribution in [0.5, 0.6) is 5.75 Å². The number of hydrogen-bond acceptors (Lipinski definition) is 6. The molecule has 0 fully saturated rings. The summed E-state index contributed by atoms with van der Waals surface area (Å²) in [6, 6.07) is 14.6. The maximum atomic E-state index is 13.0. The van der Waals surface area contributed by atoms with Crippen molar-refractivity contribution in [2.75, 3.05) is 0 Å². The molecule has 11 heteroatoms. The summed E-state index contributed by atoms with van der Waals surface area (Å²) in [6.45, 7) is 0.197. The molecule has 1 aromatic heterocycles. The number of nitro groups is 1. The fourth-order valence-electron chi connectivity index (χ4n) is 3.00. The summed E-state index contributed by atoms with van der Waals surface area (Å²) in [7, 11) is 0. The van der Waals surface area contributed by atoms with Crippen LogP contribution in [-0.2, 0) is 6.61 Å². The molecule has 0 bridgehead atoms. The summed E-state index contributed by atoms with van der Waals surface area (Å²) in [4.78, 5) is 22.7. The van der Waals surface area contributed by atoms with E-state index in [0.29, 0.717) is 31.8 Å². The Balaban J connectivity index is 1.41. The Labute approximate surface area is 205 Å². The Morgan fingerprint density at radius 3 is 2.68 bits per heavy atom. The predicted molar refractivity (Wildman–Crippen MR) is 128 cm³/mol. The third-order valence-electron chi connectivity index (χ3n) is 4.63. The molecule has 4 rings (SSSR count). The molecule has 3 aromatic carbocycles. The number of amides is 1. The van der Waals surface area contributed by atoms with E-state index in [1.807, 2.05) is 0 Å². The highest BCUT2D eigenvalue weighted by molar-refractivity contribution is 9.10. The Hall–Kier alpha value is -3.76. The quantitative estimate of drug-likeness (QED) is 0.168. The highest BCUT2D eigenvalue weighted by atomic mass is 79.9. The van der Waals surface area contributed by atoms with E-state index in [4.69, 9.17) is 20.8 Å². The van der Waals surface area contributed by atoms with E-state index < -0.39 is 10.8 Å². The third-order valence-corrected chi connectivity index (χ3v) is 5.50. The van der Waals surface area contributed by atoms with Crippen molar-refractivity contribution in [2.45, 2.75) is 6.61 Å². The van der Waals surface area contributed by atoms with Gasteiger partial charge in [-0.2, -0.15) is 5.10 Å². The number of halogens is 3. The Morgan fingerprint density at radius 2 is 1.97 bits per heavy atom. The number of carbonyl (C=O) groups excluding carboxylic acids is 1. The second-order valence-electron chi connectivity index (χ2n) is 7.02. The van der Waals surface area contributed by atoms with Gasteiger partial charge in [0.25, 0.3) is 5.69 Å². The smallest absolute Gasteiger partial charge is 0.307 e. The molecule has 8 nitrogen and oxygen atoms in total. The van der Waals surface area contributed by atoms with Gasteiger partial charge in [-0.05, 0) is 63.5 Å². The molecule has 1 amide bonds. The van der Waals surface area contributed by atoms with Gasteiger partial charge in [0.2, 0.25) is 0 Å². The summed E-state index contributed by atoms with van der Waals surface area (Å²) in [5.74, 6) is -0.595. The summed E-state index contributed by atoms with van der Waals surface area (Å²) >= 11 is 9.71. The molecular weight excluding hydrogens is 533 g/mol. The van der Waals surface area contributed by atoms with E-state index in [1.165, 1.54) is 42.6 Å². The van der Waals surface area contributed by atoms with E-state index >= 15 is 0 Å². The minimum Gasteiger partial charge on any atom is -0.486 e. The fraction of sp³-hybridized carbons (Fsp3) is 0.0435. The minimum absolute atomic E-state index is 0.0450. The van der Waals surface area contributed by atoms with Gasteiger partial charge in [-0.1, -0.05) is 23.7 Å². The summed E-state index contributed by atoms with van der Waals surface area (Å²) < 4.78 is 24.7. The van der Waals surface area contributed by atoms with Gasteiger partial charge in [-0.15, -0.1) is 0 Å². The van der Waals surface area contributed by atoms with E-state index in [2.05, 4.69) is 26.5 Å². The van der Waals surface area contributed by atoms with Crippen LogP contribution in [0.1, 0.15) is 21.7 Å². The van der Waals surface area contributed by atoms with E-state index in [1.54, 1.807) is 24.3 Å². The van der Waals surface area contributed by atoms with Crippen molar-refractivity contribution in [1.29, 1.82) is 0 Å². The highest BCUT2D eigenvalue weighted by Crippen LogP contribution is 2.34. The van der Waals surface area contributed by atoms with Crippen LogP contribution in [0.25, 0.3) is 11.0 Å². The van der Waals surface area contributed by atoms with Crippen molar-refractivity contribution in [3.05, 3.63) is 103 Å². The number of nitro benzene ring substituents is 1.